The van der Waals surface area contributed by atoms with Crippen molar-refractivity contribution in [2.75, 3.05) is 39.4 Å². The zero-order valence-corrected chi connectivity index (χ0v) is 12.4. The van der Waals surface area contributed by atoms with Crippen LogP contribution in [0.5, 0.6) is 0 Å². The van der Waals surface area contributed by atoms with Gasteiger partial charge in [-0.15, -0.1) is 0 Å². The van der Waals surface area contributed by atoms with Crippen LogP contribution >= 0.6 is 0 Å². The Kier molecular flexibility index (Phi) is 6.51. The number of amides is 1. The summed E-state index contributed by atoms with van der Waals surface area (Å²) >= 11 is 0. The van der Waals surface area contributed by atoms with Crippen LogP contribution in [0.25, 0.3) is 0 Å². The molecule has 1 aliphatic carbocycles. The normalized spacial score (nSPS) is 21.0. The van der Waals surface area contributed by atoms with Crippen molar-refractivity contribution in [2.24, 2.45) is 0 Å². The van der Waals surface area contributed by atoms with Crippen LogP contribution in [0.3, 0.4) is 0 Å². The summed E-state index contributed by atoms with van der Waals surface area (Å²) in [6.07, 6.45) is 5.90. The third kappa shape index (κ3) is 5.37. The molecule has 1 saturated heterocycles. The maximum atomic E-state index is 12.0. The quantitative estimate of drug-likeness (QED) is 0.420. The highest BCUT2D eigenvalue weighted by atomic mass is 16.5. The van der Waals surface area contributed by atoms with Gasteiger partial charge in [-0.3, -0.25) is 9.69 Å². The van der Waals surface area contributed by atoms with Gasteiger partial charge < -0.3 is 15.4 Å². The van der Waals surface area contributed by atoms with Crippen LogP contribution in [-0.2, 0) is 9.53 Å². The lowest BCUT2D eigenvalue weighted by Crippen LogP contribution is -2.39. The first-order valence-corrected chi connectivity index (χ1v) is 7.74. The topological polar surface area (TPSA) is 77.4 Å². The van der Waals surface area contributed by atoms with Crippen LogP contribution in [-0.4, -0.2) is 56.2 Å². The minimum atomic E-state index is -0.261. The monoisotopic (exact) mass is 292 g/mol. The molecule has 2 rings (SSSR count). The van der Waals surface area contributed by atoms with E-state index in [-0.39, 0.29) is 17.5 Å². The van der Waals surface area contributed by atoms with Gasteiger partial charge in [0.1, 0.15) is 11.6 Å². The van der Waals surface area contributed by atoms with Crippen molar-refractivity contribution in [1.29, 1.82) is 5.26 Å². The van der Waals surface area contributed by atoms with Crippen LogP contribution in [0.2, 0.25) is 0 Å². The zero-order valence-electron chi connectivity index (χ0n) is 12.4. The number of nitrogens with one attached hydrogen (secondary N) is 2. The number of carbonyl (C=O) groups excluding carboxylic acids is 1. The van der Waals surface area contributed by atoms with Gasteiger partial charge in [0.2, 0.25) is 0 Å². The smallest absolute Gasteiger partial charge is 0.263 e. The Balaban J connectivity index is 1.69. The molecule has 0 aromatic heterocycles. The number of nitrogens with zero attached hydrogens (tertiary/aromatic N) is 2. The first-order valence-electron chi connectivity index (χ1n) is 7.74. The minimum Gasteiger partial charge on any atom is -0.388 e. The molecule has 0 aromatic carbocycles. The van der Waals surface area contributed by atoms with E-state index in [2.05, 4.69) is 15.5 Å². The summed E-state index contributed by atoms with van der Waals surface area (Å²) in [7, 11) is 0. The van der Waals surface area contributed by atoms with E-state index in [0.717, 1.165) is 65.1 Å². The van der Waals surface area contributed by atoms with E-state index in [1.807, 2.05) is 6.07 Å². The molecular formula is C15H24N4O2. The molecule has 0 spiro atoms. The second kappa shape index (κ2) is 8.65. The van der Waals surface area contributed by atoms with E-state index in [1.165, 1.54) is 6.20 Å². The average Bonchev–Trinajstić information content (AvgIpc) is 3.01. The van der Waals surface area contributed by atoms with Crippen LogP contribution in [0, 0.1) is 11.3 Å². The molecule has 0 unspecified atom stereocenters. The van der Waals surface area contributed by atoms with Gasteiger partial charge in [0, 0.05) is 38.4 Å². The first-order chi connectivity index (χ1) is 10.3. The highest BCUT2D eigenvalue weighted by Crippen LogP contribution is 2.17. The predicted octanol–water partition coefficient (Wildman–Crippen LogP) is 0.374. The molecule has 6 nitrogen and oxygen atoms in total. The molecule has 2 aliphatic rings. The molecule has 1 heterocycles. The van der Waals surface area contributed by atoms with Crippen molar-refractivity contribution in [3.63, 3.8) is 0 Å². The first kappa shape index (κ1) is 15.8. The Labute approximate surface area is 126 Å². The van der Waals surface area contributed by atoms with Crippen LogP contribution in [0.15, 0.2) is 11.8 Å². The Morgan fingerprint density at radius 2 is 2.05 bits per heavy atom. The maximum absolute atomic E-state index is 12.0. The Morgan fingerprint density at radius 3 is 2.71 bits per heavy atom. The second-order valence-corrected chi connectivity index (χ2v) is 5.53. The summed E-state index contributed by atoms with van der Waals surface area (Å²) in [6.45, 7) is 5.06. The molecule has 1 saturated carbocycles. The molecule has 6 heteroatoms. The fourth-order valence-electron chi connectivity index (χ4n) is 2.70. The van der Waals surface area contributed by atoms with E-state index in [0.29, 0.717) is 0 Å². The molecule has 0 bridgehead atoms. The molecule has 1 aliphatic heterocycles. The lowest BCUT2D eigenvalue weighted by atomic mass is 10.2. The highest BCUT2D eigenvalue weighted by molar-refractivity contribution is 5.97. The molecule has 0 aromatic rings. The van der Waals surface area contributed by atoms with Crippen molar-refractivity contribution < 1.29 is 9.53 Å². The molecule has 21 heavy (non-hydrogen) atoms. The summed E-state index contributed by atoms with van der Waals surface area (Å²) < 4.78 is 5.29. The van der Waals surface area contributed by atoms with Crippen molar-refractivity contribution in [1.82, 2.24) is 15.5 Å². The summed E-state index contributed by atoms with van der Waals surface area (Å²) in [5, 5.41) is 15.1. The lowest BCUT2D eigenvalue weighted by molar-refractivity contribution is -0.117. The zero-order chi connectivity index (χ0) is 14.9. The van der Waals surface area contributed by atoms with Gasteiger partial charge in [-0.25, -0.2) is 0 Å². The number of morpholine rings is 1. The summed E-state index contributed by atoms with van der Waals surface area (Å²) in [4.78, 5) is 14.3. The fourth-order valence-corrected chi connectivity index (χ4v) is 2.70. The standard InChI is InChI=1S/C15H24N4O2/c16-11-13(15(20)18-14-3-1-2-4-14)12-17-5-6-19-7-9-21-10-8-19/h12,14,17H,1-10H2,(H,18,20)/b13-12-. The van der Waals surface area contributed by atoms with Gasteiger partial charge in [-0.1, -0.05) is 12.8 Å². The third-order valence-electron chi connectivity index (χ3n) is 3.98. The molecule has 2 N–H and O–H groups in total. The van der Waals surface area contributed by atoms with Crippen molar-refractivity contribution >= 4 is 5.91 Å². The highest BCUT2D eigenvalue weighted by Gasteiger charge is 2.19. The third-order valence-corrected chi connectivity index (χ3v) is 3.98. The van der Waals surface area contributed by atoms with E-state index < -0.39 is 0 Å². The second-order valence-electron chi connectivity index (χ2n) is 5.53. The van der Waals surface area contributed by atoms with Crippen molar-refractivity contribution in [2.45, 2.75) is 31.7 Å². The van der Waals surface area contributed by atoms with Crippen LogP contribution < -0.4 is 10.6 Å². The van der Waals surface area contributed by atoms with E-state index in [4.69, 9.17) is 10.00 Å². The fraction of sp³-hybridized carbons (Fsp3) is 0.733. The van der Waals surface area contributed by atoms with Gasteiger partial charge in [0.15, 0.2) is 0 Å². The molecule has 0 atom stereocenters. The number of hydrogen-bond donors (Lipinski definition) is 2. The average molecular weight is 292 g/mol. The Bertz CT molecular complexity index is 404. The van der Waals surface area contributed by atoms with Crippen molar-refractivity contribution in [3.8, 4) is 6.07 Å². The molecule has 2 fully saturated rings. The number of ether oxygens (including phenoxy) is 1. The molecular weight excluding hydrogens is 268 g/mol. The van der Waals surface area contributed by atoms with Gasteiger partial charge in [0.05, 0.1) is 13.2 Å². The molecule has 116 valence electrons. The van der Waals surface area contributed by atoms with Gasteiger partial charge >= 0.3 is 0 Å². The Hall–Kier alpha value is -1.58. The summed E-state index contributed by atoms with van der Waals surface area (Å²) in [5.74, 6) is -0.261. The lowest BCUT2D eigenvalue weighted by Gasteiger charge is -2.26. The van der Waals surface area contributed by atoms with Crippen LogP contribution in [0.1, 0.15) is 25.7 Å². The van der Waals surface area contributed by atoms with E-state index >= 15 is 0 Å². The SMILES string of the molecule is N#C/C(=C/NCCN1CCOCC1)C(=O)NC1CCCC1. The number of nitriles is 1. The molecule has 1 amide bonds. The maximum Gasteiger partial charge on any atom is 0.263 e. The Morgan fingerprint density at radius 1 is 1.33 bits per heavy atom. The minimum absolute atomic E-state index is 0.156. The van der Waals surface area contributed by atoms with Gasteiger partial charge in [0.25, 0.3) is 5.91 Å². The summed E-state index contributed by atoms with van der Waals surface area (Å²) in [6, 6.07) is 2.21. The number of carbonyl (C=O) groups is 1. The van der Waals surface area contributed by atoms with Crippen LogP contribution in [0.4, 0.5) is 0 Å². The summed E-state index contributed by atoms with van der Waals surface area (Å²) in [5.41, 5.74) is 0.156. The molecule has 0 radical (unpaired) electrons. The van der Waals surface area contributed by atoms with Gasteiger partial charge in [-0.05, 0) is 12.8 Å². The van der Waals surface area contributed by atoms with Crippen molar-refractivity contribution in [3.05, 3.63) is 11.8 Å². The van der Waals surface area contributed by atoms with E-state index in [9.17, 15) is 4.79 Å². The number of rotatable bonds is 6. The predicted molar refractivity (Wildman–Crippen MR) is 79.4 cm³/mol. The van der Waals surface area contributed by atoms with Gasteiger partial charge in [-0.2, -0.15) is 5.26 Å². The largest absolute Gasteiger partial charge is 0.388 e. The van der Waals surface area contributed by atoms with E-state index in [1.54, 1.807) is 0 Å². The number of hydrogen-bond acceptors (Lipinski definition) is 5.